The topological polar surface area (TPSA) is 15.3 Å². The van der Waals surface area contributed by atoms with Gasteiger partial charge in [0.1, 0.15) is 0 Å². The Morgan fingerprint density at radius 2 is 1.80 bits per heavy atom. The van der Waals surface area contributed by atoms with E-state index in [4.69, 9.17) is 0 Å². The third-order valence-corrected chi connectivity index (χ3v) is 4.44. The van der Waals surface area contributed by atoms with Gasteiger partial charge in [-0.15, -0.1) is 0 Å². The molecule has 114 valence electrons. The molecular weight excluding hydrogens is 244 g/mol. The lowest BCUT2D eigenvalue weighted by Crippen LogP contribution is -2.36. The van der Waals surface area contributed by atoms with E-state index in [-0.39, 0.29) is 0 Å². The standard InChI is InChI=1S/C18H32N2/c1-7-14(3)12-20(8-2)13-18(19-6)17-10-9-15(4)16(5)11-17/h9-11,14,18-19H,7-8,12-13H2,1-6H3. The second-order valence-electron chi connectivity index (χ2n) is 6.05. The van der Waals surface area contributed by atoms with Gasteiger partial charge in [-0.3, -0.25) is 0 Å². The summed E-state index contributed by atoms with van der Waals surface area (Å²) in [6.45, 7) is 14.6. The van der Waals surface area contributed by atoms with Crippen LogP contribution in [0.3, 0.4) is 0 Å². The molecule has 2 nitrogen and oxygen atoms in total. The highest BCUT2D eigenvalue weighted by Gasteiger charge is 2.15. The monoisotopic (exact) mass is 276 g/mol. The van der Waals surface area contributed by atoms with Crippen molar-refractivity contribution in [3.05, 3.63) is 34.9 Å². The summed E-state index contributed by atoms with van der Waals surface area (Å²) in [6, 6.07) is 7.24. The fourth-order valence-corrected chi connectivity index (χ4v) is 2.51. The van der Waals surface area contributed by atoms with E-state index in [1.54, 1.807) is 0 Å². The first-order valence-corrected chi connectivity index (χ1v) is 7.98. The van der Waals surface area contributed by atoms with Gasteiger partial charge in [-0.25, -0.2) is 0 Å². The molecule has 0 saturated heterocycles. The lowest BCUT2D eigenvalue weighted by atomic mass is 10.00. The van der Waals surface area contributed by atoms with Crippen molar-refractivity contribution in [1.82, 2.24) is 10.2 Å². The Kier molecular flexibility index (Phi) is 7.25. The minimum Gasteiger partial charge on any atom is -0.312 e. The van der Waals surface area contributed by atoms with Crippen LogP contribution in [0.1, 0.15) is 49.9 Å². The van der Waals surface area contributed by atoms with Crippen LogP contribution in [-0.2, 0) is 0 Å². The van der Waals surface area contributed by atoms with Crippen LogP contribution in [0.5, 0.6) is 0 Å². The van der Waals surface area contributed by atoms with Crippen LogP contribution in [-0.4, -0.2) is 31.6 Å². The summed E-state index contributed by atoms with van der Waals surface area (Å²) < 4.78 is 0. The fourth-order valence-electron chi connectivity index (χ4n) is 2.51. The first-order chi connectivity index (χ1) is 9.51. The van der Waals surface area contributed by atoms with Crippen LogP contribution in [0.15, 0.2) is 18.2 Å². The highest BCUT2D eigenvalue weighted by atomic mass is 15.1. The molecular formula is C18H32N2. The van der Waals surface area contributed by atoms with E-state index in [0.717, 1.165) is 19.0 Å². The number of hydrogen-bond donors (Lipinski definition) is 1. The number of likely N-dealkylation sites (N-methyl/N-ethyl adjacent to an activating group) is 2. The molecule has 0 spiro atoms. The number of nitrogens with one attached hydrogen (secondary N) is 1. The van der Waals surface area contributed by atoms with Crippen molar-refractivity contribution in [3.8, 4) is 0 Å². The van der Waals surface area contributed by atoms with Gasteiger partial charge in [0, 0.05) is 19.1 Å². The predicted octanol–water partition coefficient (Wildman–Crippen LogP) is 3.93. The maximum Gasteiger partial charge on any atom is 0.0446 e. The van der Waals surface area contributed by atoms with E-state index in [1.165, 1.54) is 29.7 Å². The zero-order valence-electron chi connectivity index (χ0n) is 14.2. The Morgan fingerprint density at radius 3 is 2.30 bits per heavy atom. The molecule has 1 aromatic rings. The maximum atomic E-state index is 3.48. The van der Waals surface area contributed by atoms with Gasteiger partial charge in [0.2, 0.25) is 0 Å². The van der Waals surface area contributed by atoms with Gasteiger partial charge in [0.05, 0.1) is 0 Å². The van der Waals surface area contributed by atoms with Crippen LogP contribution in [0.4, 0.5) is 0 Å². The quantitative estimate of drug-likeness (QED) is 0.774. The summed E-state index contributed by atoms with van der Waals surface area (Å²) in [7, 11) is 2.07. The Balaban J connectivity index is 2.76. The lowest BCUT2D eigenvalue weighted by Gasteiger charge is -2.29. The lowest BCUT2D eigenvalue weighted by molar-refractivity contribution is 0.223. The van der Waals surface area contributed by atoms with E-state index in [1.807, 2.05) is 0 Å². The van der Waals surface area contributed by atoms with Gasteiger partial charge in [0.15, 0.2) is 0 Å². The highest BCUT2D eigenvalue weighted by Crippen LogP contribution is 2.18. The summed E-state index contributed by atoms with van der Waals surface area (Å²) in [4.78, 5) is 2.56. The van der Waals surface area contributed by atoms with E-state index in [2.05, 4.69) is 70.1 Å². The maximum absolute atomic E-state index is 3.48. The van der Waals surface area contributed by atoms with Crippen molar-refractivity contribution in [2.24, 2.45) is 5.92 Å². The molecule has 2 heteroatoms. The van der Waals surface area contributed by atoms with Gasteiger partial charge in [-0.05, 0) is 50.0 Å². The SMILES string of the molecule is CCC(C)CN(CC)CC(NC)c1ccc(C)c(C)c1. The second-order valence-corrected chi connectivity index (χ2v) is 6.05. The number of hydrogen-bond acceptors (Lipinski definition) is 2. The molecule has 0 saturated carbocycles. The zero-order chi connectivity index (χ0) is 15.1. The molecule has 0 aliphatic heterocycles. The van der Waals surface area contributed by atoms with Crippen LogP contribution in [0, 0.1) is 19.8 Å². The number of rotatable bonds is 8. The van der Waals surface area contributed by atoms with Crippen molar-refractivity contribution in [2.75, 3.05) is 26.7 Å². The first-order valence-electron chi connectivity index (χ1n) is 7.98. The number of aryl methyl sites for hydroxylation is 2. The Morgan fingerprint density at radius 1 is 1.10 bits per heavy atom. The largest absolute Gasteiger partial charge is 0.312 e. The van der Waals surface area contributed by atoms with Crippen molar-refractivity contribution in [2.45, 2.75) is 47.1 Å². The molecule has 0 bridgehead atoms. The van der Waals surface area contributed by atoms with E-state index < -0.39 is 0 Å². The smallest absolute Gasteiger partial charge is 0.0446 e. The Bertz CT molecular complexity index is 400. The van der Waals surface area contributed by atoms with Crippen molar-refractivity contribution < 1.29 is 0 Å². The fraction of sp³-hybridized carbons (Fsp3) is 0.667. The molecule has 0 aliphatic carbocycles. The van der Waals surface area contributed by atoms with Crippen LogP contribution in [0.2, 0.25) is 0 Å². The van der Waals surface area contributed by atoms with Crippen molar-refractivity contribution in [1.29, 1.82) is 0 Å². The average molecular weight is 276 g/mol. The van der Waals surface area contributed by atoms with Crippen LogP contribution >= 0.6 is 0 Å². The van der Waals surface area contributed by atoms with E-state index >= 15 is 0 Å². The van der Waals surface area contributed by atoms with Gasteiger partial charge < -0.3 is 10.2 Å². The summed E-state index contributed by atoms with van der Waals surface area (Å²) in [6.07, 6.45) is 1.25. The average Bonchev–Trinajstić information content (AvgIpc) is 2.46. The zero-order valence-corrected chi connectivity index (χ0v) is 14.2. The minimum atomic E-state index is 0.415. The molecule has 1 rings (SSSR count). The van der Waals surface area contributed by atoms with Crippen molar-refractivity contribution >= 4 is 0 Å². The summed E-state index contributed by atoms with van der Waals surface area (Å²) in [5, 5.41) is 3.48. The van der Waals surface area contributed by atoms with Crippen LogP contribution < -0.4 is 5.32 Å². The predicted molar refractivity (Wildman–Crippen MR) is 89.3 cm³/mol. The third kappa shape index (κ3) is 4.92. The Labute approximate surface area is 125 Å². The van der Waals surface area contributed by atoms with Gasteiger partial charge >= 0.3 is 0 Å². The molecule has 2 unspecified atom stereocenters. The highest BCUT2D eigenvalue weighted by molar-refractivity contribution is 5.31. The molecule has 1 aromatic carbocycles. The summed E-state index contributed by atoms with van der Waals surface area (Å²) in [5.74, 6) is 0.771. The molecule has 2 atom stereocenters. The van der Waals surface area contributed by atoms with E-state index in [0.29, 0.717) is 6.04 Å². The van der Waals surface area contributed by atoms with Gasteiger partial charge in [0.25, 0.3) is 0 Å². The number of benzene rings is 1. The molecule has 20 heavy (non-hydrogen) atoms. The minimum absolute atomic E-state index is 0.415. The second kappa shape index (κ2) is 8.43. The summed E-state index contributed by atoms with van der Waals surface area (Å²) in [5.41, 5.74) is 4.15. The normalized spacial score (nSPS) is 14.6. The first kappa shape index (κ1) is 17.2. The van der Waals surface area contributed by atoms with Crippen molar-refractivity contribution in [3.63, 3.8) is 0 Å². The summed E-state index contributed by atoms with van der Waals surface area (Å²) >= 11 is 0. The number of nitrogens with zero attached hydrogens (tertiary/aromatic N) is 1. The molecule has 0 radical (unpaired) electrons. The third-order valence-electron chi connectivity index (χ3n) is 4.44. The molecule has 0 aromatic heterocycles. The van der Waals surface area contributed by atoms with E-state index in [9.17, 15) is 0 Å². The van der Waals surface area contributed by atoms with Gasteiger partial charge in [-0.2, -0.15) is 0 Å². The van der Waals surface area contributed by atoms with Gasteiger partial charge in [-0.1, -0.05) is 45.4 Å². The molecule has 1 N–H and O–H groups in total. The van der Waals surface area contributed by atoms with Crippen LogP contribution in [0.25, 0.3) is 0 Å². The Hall–Kier alpha value is -0.860. The molecule has 0 heterocycles. The molecule has 0 fully saturated rings. The molecule has 0 amide bonds. The molecule has 0 aliphatic rings.